The van der Waals surface area contributed by atoms with Crippen LogP contribution in [0, 0.1) is 0 Å². The number of primary sulfonamides is 1. The van der Waals surface area contributed by atoms with Crippen LogP contribution < -0.4 is 10.5 Å². The fourth-order valence-electron chi connectivity index (χ4n) is 2.03. The molecule has 1 rings (SSSR count). The molecule has 0 bridgehead atoms. The van der Waals surface area contributed by atoms with Crippen molar-refractivity contribution in [2.45, 2.75) is 39.2 Å². The minimum atomic E-state index is -3.34. The summed E-state index contributed by atoms with van der Waals surface area (Å²) in [5.41, 5.74) is 2.57. The third-order valence-corrected chi connectivity index (χ3v) is 4.05. The monoisotopic (exact) mass is 284 g/mol. The van der Waals surface area contributed by atoms with Crippen LogP contribution in [0.25, 0.3) is 0 Å². The molecule has 0 heterocycles. The van der Waals surface area contributed by atoms with Gasteiger partial charge in [0.05, 0.1) is 5.75 Å². The minimum absolute atomic E-state index is 0.0329. The average molecular weight is 284 g/mol. The van der Waals surface area contributed by atoms with Gasteiger partial charge in [-0.25, -0.2) is 13.6 Å². The molecule has 0 saturated heterocycles. The van der Waals surface area contributed by atoms with Crippen molar-refractivity contribution in [1.82, 2.24) is 5.32 Å². The number of benzene rings is 1. The summed E-state index contributed by atoms with van der Waals surface area (Å²) >= 11 is 0. The van der Waals surface area contributed by atoms with Crippen molar-refractivity contribution in [2.24, 2.45) is 5.14 Å². The molecule has 19 heavy (non-hydrogen) atoms. The molecule has 3 N–H and O–H groups in total. The third-order valence-electron chi connectivity index (χ3n) is 3.19. The highest BCUT2D eigenvalue weighted by Crippen LogP contribution is 2.17. The van der Waals surface area contributed by atoms with Crippen LogP contribution in [0.2, 0.25) is 0 Å². The second-order valence-electron chi connectivity index (χ2n) is 4.73. The zero-order valence-electron chi connectivity index (χ0n) is 11.7. The molecule has 4 nitrogen and oxygen atoms in total. The first-order valence-corrected chi connectivity index (χ1v) is 8.50. The SMILES string of the molecule is CCc1ccc(C(CC)NCCCS(N)(=O)=O)cc1. The van der Waals surface area contributed by atoms with Crippen LogP contribution in [-0.2, 0) is 16.4 Å². The second-order valence-corrected chi connectivity index (χ2v) is 6.46. The van der Waals surface area contributed by atoms with Gasteiger partial charge in [-0.1, -0.05) is 38.1 Å². The maximum absolute atomic E-state index is 10.8. The summed E-state index contributed by atoms with van der Waals surface area (Å²) in [6.45, 7) is 4.91. The lowest BCUT2D eigenvalue weighted by atomic mass is 10.0. The zero-order valence-corrected chi connectivity index (χ0v) is 12.5. The number of rotatable bonds is 8. The number of hydrogen-bond acceptors (Lipinski definition) is 3. The van der Waals surface area contributed by atoms with E-state index >= 15 is 0 Å². The molecule has 1 unspecified atom stereocenters. The Labute approximate surface area is 116 Å². The lowest BCUT2D eigenvalue weighted by molar-refractivity contribution is 0.516. The second kappa shape index (κ2) is 7.62. The Hall–Kier alpha value is -0.910. The number of sulfonamides is 1. The Morgan fingerprint density at radius 2 is 1.84 bits per heavy atom. The van der Waals surface area contributed by atoms with Gasteiger partial charge >= 0.3 is 0 Å². The van der Waals surface area contributed by atoms with Gasteiger partial charge in [0, 0.05) is 6.04 Å². The molecule has 0 spiro atoms. The highest BCUT2D eigenvalue weighted by Gasteiger charge is 2.09. The van der Waals surface area contributed by atoms with Crippen molar-refractivity contribution >= 4 is 10.0 Å². The normalized spacial score (nSPS) is 13.4. The molecule has 0 aromatic heterocycles. The molecule has 1 atom stereocenters. The summed E-state index contributed by atoms with van der Waals surface area (Å²) < 4.78 is 21.7. The summed E-state index contributed by atoms with van der Waals surface area (Å²) in [4.78, 5) is 0. The molecule has 0 aliphatic carbocycles. The first-order chi connectivity index (χ1) is 8.96. The first-order valence-electron chi connectivity index (χ1n) is 6.79. The molecular formula is C14H24N2O2S. The van der Waals surface area contributed by atoms with Crippen LogP contribution >= 0.6 is 0 Å². The van der Waals surface area contributed by atoms with Crippen LogP contribution in [0.15, 0.2) is 24.3 Å². The Bertz CT molecular complexity index is 469. The summed E-state index contributed by atoms with van der Waals surface area (Å²) in [6, 6.07) is 8.83. The van der Waals surface area contributed by atoms with Crippen LogP contribution in [0.5, 0.6) is 0 Å². The first kappa shape index (κ1) is 16.1. The fraction of sp³-hybridized carbons (Fsp3) is 0.571. The number of hydrogen-bond donors (Lipinski definition) is 2. The quantitative estimate of drug-likeness (QED) is 0.717. The third kappa shape index (κ3) is 6.18. The molecule has 0 aliphatic heterocycles. The largest absolute Gasteiger partial charge is 0.310 e. The van der Waals surface area contributed by atoms with E-state index in [4.69, 9.17) is 5.14 Å². The summed E-state index contributed by atoms with van der Waals surface area (Å²) in [6.07, 6.45) is 2.56. The van der Waals surface area contributed by atoms with Crippen molar-refractivity contribution in [1.29, 1.82) is 0 Å². The van der Waals surface area contributed by atoms with Gasteiger partial charge in [-0.05, 0) is 36.9 Å². The standard InChI is InChI=1S/C14H24N2O2S/c1-3-12-6-8-13(9-7-12)14(4-2)16-10-5-11-19(15,17)18/h6-9,14,16H,3-5,10-11H2,1-2H3,(H2,15,17,18). The van der Waals surface area contributed by atoms with Gasteiger partial charge < -0.3 is 5.32 Å². The lowest BCUT2D eigenvalue weighted by Gasteiger charge is -2.17. The van der Waals surface area contributed by atoms with E-state index in [0.717, 1.165) is 12.8 Å². The Morgan fingerprint density at radius 3 is 2.32 bits per heavy atom. The van der Waals surface area contributed by atoms with Crippen molar-refractivity contribution < 1.29 is 8.42 Å². The molecule has 0 aliphatic rings. The van der Waals surface area contributed by atoms with E-state index < -0.39 is 10.0 Å². The van der Waals surface area contributed by atoms with Gasteiger partial charge in [-0.2, -0.15) is 0 Å². The lowest BCUT2D eigenvalue weighted by Crippen LogP contribution is -2.25. The van der Waals surface area contributed by atoms with Crippen molar-refractivity contribution in [3.05, 3.63) is 35.4 Å². The molecule has 1 aromatic carbocycles. The van der Waals surface area contributed by atoms with Crippen LogP contribution in [0.4, 0.5) is 0 Å². The van der Waals surface area contributed by atoms with E-state index in [1.807, 2.05) is 0 Å². The fourth-order valence-corrected chi connectivity index (χ4v) is 2.58. The summed E-state index contributed by atoms with van der Waals surface area (Å²) in [7, 11) is -3.34. The topological polar surface area (TPSA) is 72.2 Å². The smallest absolute Gasteiger partial charge is 0.209 e. The van der Waals surface area contributed by atoms with Gasteiger partial charge in [0.15, 0.2) is 0 Å². The molecule has 0 amide bonds. The Kier molecular flexibility index (Phi) is 6.48. The van der Waals surface area contributed by atoms with Crippen molar-refractivity contribution in [3.63, 3.8) is 0 Å². The maximum Gasteiger partial charge on any atom is 0.209 e. The molecule has 5 heteroatoms. The summed E-state index contributed by atoms with van der Waals surface area (Å²) in [5.74, 6) is 0.0329. The molecule has 0 radical (unpaired) electrons. The Morgan fingerprint density at radius 1 is 1.21 bits per heavy atom. The highest BCUT2D eigenvalue weighted by atomic mass is 32.2. The van der Waals surface area contributed by atoms with Crippen molar-refractivity contribution in [2.75, 3.05) is 12.3 Å². The van der Waals surface area contributed by atoms with E-state index in [1.165, 1.54) is 11.1 Å². The zero-order chi connectivity index (χ0) is 14.3. The molecule has 0 fully saturated rings. The predicted molar refractivity (Wildman–Crippen MR) is 79.4 cm³/mol. The molecular weight excluding hydrogens is 260 g/mol. The van der Waals surface area contributed by atoms with Gasteiger partial charge in [0.25, 0.3) is 0 Å². The number of nitrogens with two attached hydrogens (primary N) is 1. The van der Waals surface area contributed by atoms with Crippen LogP contribution in [0.3, 0.4) is 0 Å². The maximum atomic E-state index is 10.8. The van der Waals surface area contributed by atoms with Gasteiger partial charge in [0.2, 0.25) is 10.0 Å². The Balaban J connectivity index is 2.48. The van der Waals surface area contributed by atoms with Crippen LogP contribution in [-0.4, -0.2) is 20.7 Å². The average Bonchev–Trinajstić information content (AvgIpc) is 2.38. The van der Waals surface area contributed by atoms with E-state index in [2.05, 4.69) is 43.4 Å². The predicted octanol–water partition coefficient (Wildman–Crippen LogP) is 1.97. The van der Waals surface area contributed by atoms with E-state index in [-0.39, 0.29) is 11.8 Å². The van der Waals surface area contributed by atoms with E-state index in [0.29, 0.717) is 13.0 Å². The minimum Gasteiger partial charge on any atom is -0.310 e. The number of nitrogens with one attached hydrogen (secondary N) is 1. The molecule has 0 saturated carbocycles. The van der Waals surface area contributed by atoms with E-state index in [9.17, 15) is 8.42 Å². The van der Waals surface area contributed by atoms with Gasteiger partial charge in [-0.15, -0.1) is 0 Å². The molecule has 108 valence electrons. The van der Waals surface area contributed by atoms with E-state index in [1.54, 1.807) is 0 Å². The van der Waals surface area contributed by atoms with Gasteiger partial charge in [-0.3, -0.25) is 0 Å². The molecule has 1 aromatic rings. The summed E-state index contributed by atoms with van der Waals surface area (Å²) in [5, 5.41) is 8.35. The van der Waals surface area contributed by atoms with Crippen molar-refractivity contribution in [3.8, 4) is 0 Å². The van der Waals surface area contributed by atoms with Gasteiger partial charge in [0.1, 0.15) is 0 Å². The number of aryl methyl sites for hydroxylation is 1. The highest BCUT2D eigenvalue weighted by molar-refractivity contribution is 7.89. The van der Waals surface area contributed by atoms with Crippen LogP contribution in [0.1, 0.15) is 43.9 Å².